The van der Waals surface area contributed by atoms with Crippen LogP contribution in [0.2, 0.25) is 0 Å². The Kier molecular flexibility index (Phi) is 4.79. The number of benzene rings is 1. The summed E-state index contributed by atoms with van der Waals surface area (Å²) in [6.45, 7) is 0.470. The molecule has 0 saturated heterocycles. The molecule has 0 aromatic heterocycles. The SMILES string of the molecule is CSc1ccc(OCC(O)CN)cc1. The average Bonchev–Trinajstić information content (AvgIpc) is 2.26. The van der Waals surface area contributed by atoms with Crippen molar-refractivity contribution in [3.05, 3.63) is 24.3 Å². The van der Waals surface area contributed by atoms with Gasteiger partial charge >= 0.3 is 0 Å². The molecule has 0 heterocycles. The average molecular weight is 213 g/mol. The molecule has 0 bridgehead atoms. The quantitative estimate of drug-likeness (QED) is 0.719. The topological polar surface area (TPSA) is 55.5 Å². The van der Waals surface area contributed by atoms with E-state index in [0.717, 1.165) is 5.75 Å². The number of rotatable bonds is 5. The summed E-state index contributed by atoms with van der Waals surface area (Å²) < 4.78 is 5.32. The number of nitrogens with two attached hydrogens (primary N) is 1. The van der Waals surface area contributed by atoms with Crippen LogP contribution >= 0.6 is 11.8 Å². The van der Waals surface area contributed by atoms with Gasteiger partial charge in [0.05, 0.1) is 0 Å². The van der Waals surface area contributed by atoms with Crippen LogP contribution in [0.15, 0.2) is 29.2 Å². The lowest BCUT2D eigenvalue weighted by Crippen LogP contribution is -2.26. The molecule has 0 saturated carbocycles. The predicted octanol–water partition coefficient (Wildman–Crippen LogP) is 1.11. The maximum Gasteiger partial charge on any atom is 0.119 e. The third kappa shape index (κ3) is 3.57. The second-order valence-corrected chi connectivity index (χ2v) is 3.76. The van der Waals surface area contributed by atoms with Gasteiger partial charge < -0.3 is 15.6 Å². The lowest BCUT2D eigenvalue weighted by molar-refractivity contribution is 0.114. The van der Waals surface area contributed by atoms with E-state index in [1.165, 1.54) is 4.90 Å². The van der Waals surface area contributed by atoms with E-state index < -0.39 is 6.10 Å². The van der Waals surface area contributed by atoms with Crippen molar-refractivity contribution in [3.63, 3.8) is 0 Å². The largest absolute Gasteiger partial charge is 0.491 e. The Morgan fingerprint density at radius 1 is 1.43 bits per heavy atom. The van der Waals surface area contributed by atoms with Crippen LogP contribution < -0.4 is 10.5 Å². The molecule has 0 radical (unpaired) electrons. The van der Waals surface area contributed by atoms with Gasteiger partial charge in [0, 0.05) is 11.4 Å². The Hall–Kier alpha value is -0.710. The monoisotopic (exact) mass is 213 g/mol. The Balaban J connectivity index is 2.43. The molecule has 1 aromatic carbocycles. The number of thioether (sulfide) groups is 1. The summed E-state index contributed by atoms with van der Waals surface area (Å²) in [6, 6.07) is 7.73. The smallest absolute Gasteiger partial charge is 0.119 e. The normalized spacial score (nSPS) is 12.5. The highest BCUT2D eigenvalue weighted by Crippen LogP contribution is 2.18. The zero-order valence-electron chi connectivity index (χ0n) is 8.14. The molecule has 1 rings (SSSR count). The standard InChI is InChI=1S/C10H15NO2S/c1-14-10-4-2-9(3-5-10)13-7-8(12)6-11/h2-5,8,12H,6-7,11H2,1H3. The molecular weight excluding hydrogens is 198 g/mol. The van der Waals surface area contributed by atoms with Gasteiger partial charge in [0.2, 0.25) is 0 Å². The van der Waals surface area contributed by atoms with Crippen LogP contribution in [0.1, 0.15) is 0 Å². The third-order valence-corrected chi connectivity index (χ3v) is 2.52. The van der Waals surface area contributed by atoms with Crippen LogP contribution in [-0.4, -0.2) is 30.6 Å². The minimum atomic E-state index is -0.588. The maximum absolute atomic E-state index is 9.17. The Bertz CT molecular complexity index is 263. The first-order valence-corrected chi connectivity index (χ1v) is 5.63. The van der Waals surface area contributed by atoms with E-state index in [4.69, 9.17) is 15.6 Å². The zero-order chi connectivity index (χ0) is 10.4. The fourth-order valence-corrected chi connectivity index (χ4v) is 1.34. The van der Waals surface area contributed by atoms with E-state index in [0.29, 0.717) is 0 Å². The van der Waals surface area contributed by atoms with E-state index in [1.54, 1.807) is 11.8 Å². The molecule has 4 heteroatoms. The summed E-state index contributed by atoms with van der Waals surface area (Å²) in [4.78, 5) is 1.19. The van der Waals surface area contributed by atoms with Gasteiger partial charge in [-0.3, -0.25) is 0 Å². The molecule has 0 amide bonds. The summed E-state index contributed by atoms with van der Waals surface area (Å²) in [7, 11) is 0. The molecule has 14 heavy (non-hydrogen) atoms. The second-order valence-electron chi connectivity index (χ2n) is 2.88. The molecule has 0 aliphatic heterocycles. The van der Waals surface area contributed by atoms with Gasteiger partial charge in [-0.25, -0.2) is 0 Å². The number of hydrogen-bond donors (Lipinski definition) is 2. The van der Waals surface area contributed by atoms with Gasteiger partial charge in [-0.15, -0.1) is 11.8 Å². The lowest BCUT2D eigenvalue weighted by Gasteiger charge is -2.10. The van der Waals surface area contributed by atoms with Crippen LogP contribution in [0.25, 0.3) is 0 Å². The van der Waals surface area contributed by atoms with Gasteiger partial charge in [0.15, 0.2) is 0 Å². The Morgan fingerprint density at radius 2 is 2.07 bits per heavy atom. The van der Waals surface area contributed by atoms with Crippen molar-refractivity contribution >= 4 is 11.8 Å². The first-order chi connectivity index (χ1) is 6.76. The zero-order valence-corrected chi connectivity index (χ0v) is 8.96. The summed E-state index contributed by atoms with van der Waals surface area (Å²) in [5.74, 6) is 0.760. The summed E-state index contributed by atoms with van der Waals surface area (Å²) >= 11 is 1.68. The van der Waals surface area contributed by atoms with Crippen LogP contribution in [-0.2, 0) is 0 Å². The molecule has 0 spiro atoms. The first kappa shape index (κ1) is 11.4. The van der Waals surface area contributed by atoms with Crippen molar-refractivity contribution < 1.29 is 9.84 Å². The second kappa shape index (κ2) is 5.90. The molecule has 1 aromatic rings. The molecular formula is C10H15NO2S. The number of hydrogen-bond acceptors (Lipinski definition) is 4. The predicted molar refractivity (Wildman–Crippen MR) is 58.8 cm³/mol. The molecule has 1 atom stereocenters. The molecule has 0 aliphatic rings. The molecule has 1 unspecified atom stereocenters. The summed E-state index contributed by atoms with van der Waals surface area (Å²) in [6.07, 6.45) is 1.43. The van der Waals surface area contributed by atoms with Gasteiger partial charge in [-0.1, -0.05) is 0 Å². The maximum atomic E-state index is 9.17. The summed E-state index contributed by atoms with van der Waals surface area (Å²) in [5, 5.41) is 9.17. The number of aliphatic hydroxyl groups is 1. The fraction of sp³-hybridized carbons (Fsp3) is 0.400. The van der Waals surface area contributed by atoms with Gasteiger partial charge in [0.25, 0.3) is 0 Å². The van der Waals surface area contributed by atoms with Crippen molar-refractivity contribution in [3.8, 4) is 5.75 Å². The highest BCUT2D eigenvalue weighted by Gasteiger charge is 2.01. The van der Waals surface area contributed by atoms with Crippen molar-refractivity contribution in [1.82, 2.24) is 0 Å². The van der Waals surface area contributed by atoms with E-state index in [1.807, 2.05) is 30.5 Å². The van der Waals surface area contributed by atoms with Crippen molar-refractivity contribution in [1.29, 1.82) is 0 Å². The van der Waals surface area contributed by atoms with Gasteiger partial charge in [-0.05, 0) is 30.5 Å². The van der Waals surface area contributed by atoms with Gasteiger partial charge in [-0.2, -0.15) is 0 Å². The number of ether oxygens (including phenoxy) is 1. The third-order valence-electron chi connectivity index (χ3n) is 1.77. The highest BCUT2D eigenvalue weighted by atomic mass is 32.2. The van der Waals surface area contributed by atoms with Crippen LogP contribution in [0, 0.1) is 0 Å². The van der Waals surface area contributed by atoms with E-state index in [9.17, 15) is 0 Å². The van der Waals surface area contributed by atoms with E-state index >= 15 is 0 Å². The fourth-order valence-electron chi connectivity index (χ4n) is 0.932. The molecule has 78 valence electrons. The van der Waals surface area contributed by atoms with Crippen molar-refractivity contribution in [2.24, 2.45) is 5.73 Å². The minimum Gasteiger partial charge on any atom is -0.491 e. The van der Waals surface area contributed by atoms with Gasteiger partial charge in [0.1, 0.15) is 18.5 Å². The molecule has 3 N–H and O–H groups in total. The van der Waals surface area contributed by atoms with Crippen LogP contribution in [0.3, 0.4) is 0 Å². The van der Waals surface area contributed by atoms with Crippen LogP contribution in [0.4, 0.5) is 0 Å². The molecule has 0 aliphatic carbocycles. The Labute approximate surface area is 88.3 Å². The summed E-state index contributed by atoms with van der Waals surface area (Å²) in [5.41, 5.74) is 5.25. The molecule has 0 fully saturated rings. The van der Waals surface area contributed by atoms with Crippen LogP contribution in [0.5, 0.6) is 5.75 Å². The first-order valence-electron chi connectivity index (χ1n) is 4.41. The van der Waals surface area contributed by atoms with Crippen molar-refractivity contribution in [2.45, 2.75) is 11.0 Å². The molecule has 3 nitrogen and oxygen atoms in total. The minimum absolute atomic E-state index is 0.225. The highest BCUT2D eigenvalue weighted by molar-refractivity contribution is 7.98. The number of aliphatic hydroxyl groups excluding tert-OH is 1. The van der Waals surface area contributed by atoms with E-state index in [2.05, 4.69) is 0 Å². The van der Waals surface area contributed by atoms with Crippen molar-refractivity contribution in [2.75, 3.05) is 19.4 Å². The van der Waals surface area contributed by atoms with E-state index in [-0.39, 0.29) is 13.2 Å². The Morgan fingerprint density at radius 3 is 2.57 bits per heavy atom. The lowest BCUT2D eigenvalue weighted by atomic mass is 10.3.